The van der Waals surface area contributed by atoms with Crippen LogP contribution in [0, 0.1) is 5.41 Å². The summed E-state index contributed by atoms with van der Waals surface area (Å²) in [4.78, 5) is 45.0. The van der Waals surface area contributed by atoms with Gasteiger partial charge in [-0.1, -0.05) is 45.0 Å². The van der Waals surface area contributed by atoms with E-state index in [9.17, 15) is 19.5 Å². The van der Waals surface area contributed by atoms with Crippen LogP contribution in [0.2, 0.25) is 0 Å². The van der Waals surface area contributed by atoms with Gasteiger partial charge in [0.15, 0.2) is 0 Å². The minimum absolute atomic E-state index is 0.0498. The number of phenols is 1. The number of nitrogens with one attached hydrogen (secondary N) is 2. The maximum absolute atomic E-state index is 13.6. The first-order chi connectivity index (χ1) is 18.1. The average molecular weight is 520 g/mol. The molecule has 0 spiro atoms. The van der Waals surface area contributed by atoms with Crippen LogP contribution < -0.4 is 10.6 Å². The second-order valence-corrected chi connectivity index (χ2v) is 11.8. The standard InChI is InChI=1S/C29H37N5O4/c1-29(2,3)18-33-16-21-14-23(35)9-8-19(21)15-25(26(33)36)31-27(37)32-12-10-22(11-13-32)34-17-20-6-4-5-7-24(20)30-28(34)38/h4-9,14,22,25,35H,10-13,15-18H2,1-3H3,(H,30,38)(H,31,37)/t25-/m0/s1. The summed E-state index contributed by atoms with van der Waals surface area (Å²) in [7, 11) is 0. The number of nitrogens with zero attached hydrogens (tertiary/aromatic N) is 3. The maximum Gasteiger partial charge on any atom is 0.322 e. The number of likely N-dealkylation sites (tertiary alicyclic amines) is 1. The molecular formula is C29H37N5O4. The fourth-order valence-corrected chi connectivity index (χ4v) is 5.73. The molecule has 5 rings (SSSR count). The number of fused-ring (bicyclic) bond motifs is 2. The highest BCUT2D eigenvalue weighted by Crippen LogP contribution is 2.29. The Balaban J connectivity index is 1.24. The van der Waals surface area contributed by atoms with E-state index in [4.69, 9.17) is 0 Å². The number of hydrogen-bond acceptors (Lipinski definition) is 4. The van der Waals surface area contributed by atoms with Crippen molar-refractivity contribution in [3.8, 4) is 5.75 Å². The van der Waals surface area contributed by atoms with Crippen molar-refractivity contribution >= 4 is 23.7 Å². The molecule has 3 aliphatic rings. The molecule has 1 fully saturated rings. The largest absolute Gasteiger partial charge is 0.508 e. The van der Waals surface area contributed by atoms with E-state index < -0.39 is 6.04 Å². The maximum atomic E-state index is 13.6. The second kappa shape index (κ2) is 10.2. The molecule has 3 aliphatic heterocycles. The molecule has 2 aromatic carbocycles. The fourth-order valence-electron chi connectivity index (χ4n) is 5.73. The Hall–Kier alpha value is -3.75. The molecule has 2 aromatic rings. The third kappa shape index (κ3) is 5.56. The number of anilines is 1. The van der Waals surface area contributed by atoms with E-state index >= 15 is 0 Å². The lowest BCUT2D eigenvalue weighted by Crippen LogP contribution is -2.56. The van der Waals surface area contributed by atoms with E-state index in [1.165, 1.54) is 0 Å². The van der Waals surface area contributed by atoms with Crippen molar-refractivity contribution < 1.29 is 19.5 Å². The summed E-state index contributed by atoms with van der Waals surface area (Å²) >= 11 is 0. The normalized spacial score (nSPS) is 20.4. The van der Waals surface area contributed by atoms with Crippen molar-refractivity contribution in [1.82, 2.24) is 20.0 Å². The van der Waals surface area contributed by atoms with Crippen molar-refractivity contribution in [2.45, 2.75) is 65.2 Å². The molecule has 38 heavy (non-hydrogen) atoms. The van der Waals surface area contributed by atoms with E-state index in [1.807, 2.05) is 35.2 Å². The number of carbonyl (C=O) groups is 3. The number of para-hydroxylation sites is 1. The first kappa shape index (κ1) is 25.9. The highest BCUT2D eigenvalue weighted by molar-refractivity contribution is 5.92. The molecule has 0 aromatic heterocycles. The van der Waals surface area contributed by atoms with E-state index in [-0.39, 0.29) is 35.2 Å². The zero-order valence-corrected chi connectivity index (χ0v) is 22.4. The van der Waals surface area contributed by atoms with Gasteiger partial charge in [0, 0.05) is 50.9 Å². The molecule has 0 saturated carbocycles. The van der Waals surface area contributed by atoms with Gasteiger partial charge in [-0.3, -0.25) is 4.79 Å². The summed E-state index contributed by atoms with van der Waals surface area (Å²) in [5.74, 6) is 0.0608. The lowest BCUT2D eigenvalue weighted by molar-refractivity contribution is -0.134. The molecule has 0 aliphatic carbocycles. The minimum atomic E-state index is -0.683. The monoisotopic (exact) mass is 519 g/mol. The fraction of sp³-hybridized carbons (Fsp3) is 0.483. The molecule has 0 unspecified atom stereocenters. The molecule has 0 radical (unpaired) electrons. The van der Waals surface area contributed by atoms with Gasteiger partial charge in [0.25, 0.3) is 0 Å². The SMILES string of the molecule is CC(C)(C)CN1Cc2cc(O)ccc2C[C@H](NC(=O)N2CCC(N3Cc4ccccc4NC3=O)CC2)C1=O. The van der Waals surface area contributed by atoms with Gasteiger partial charge >= 0.3 is 12.1 Å². The first-order valence-corrected chi connectivity index (χ1v) is 13.4. The molecule has 1 saturated heterocycles. The Bertz CT molecular complexity index is 1230. The number of aromatic hydroxyl groups is 1. The summed E-state index contributed by atoms with van der Waals surface area (Å²) < 4.78 is 0. The number of amides is 5. The molecular weight excluding hydrogens is 482 g/mol. The zero-order chi connectivity index (χ0) is 27.0. The number of phenolic OH excluding ortho intramolecular Hbond substituents is 1. The average Bonchev–Trinajstić information content (AvgIpc) is 2.99. The van der Waals surface area contributed by atoms with Crippen LogP contribution in [-0.4, -0.2) is 69.5 Å². The molecule has 3 N–H and O–H groups in total. The van der Waals surface area contributed by atoms with Crippen LogP contribution in [0.4, 0.5) is 15.3 Å². The Morgan fingerprint density at radius 1 is 1.03 bits per heavy atom. The molecule has 0 bridgehead atoms. The second-order valence-electron chi connectivity index (χ2n) is 11.8. The Morgan fingerprint density at radius 3 is 2.50 bits per heavy atom. The van der Waals surface area contributed by atoms with Gasteiger partial charge in [-0.05, 0) is 53.1 Å². The molecule has 9 nitrogen and oxygen atoms in total. The van der Waals surface area contributed by atoms with E-state index in [0.29, 0.717) is 52.0 Å². The number of urea groups is 2. The van der Waals surface area contributed by atoms with Crippen LogP contribution in [0.25, 0.3) is 0 Å². The molecule has 3 heterocycles. The van der Waals surface area contributed by atoms with Crippen LogP contribution in [0.1, 0.15) is 50.3 Å². The Kier molecular flexibility index (Phi) is 6.94. The molecule has 202 valence electrons. The van der Waals surface area contributed by atoms with Gasteiger partial charge in [-0.25, -0.2) is 9.59 Å². The van der Waals surface area contributed by atoms with Crippen LogP contribution >= 0.6 is 0 Å². The van der Waals surface area contributed by atoms with Gasteiger partial charge in [-0.15, -0.1) is 0 Å². The van der Waals surface area contributed by atoms with Crippen molar-refractivity contribution in [3.63, 3.8) is 0 Å². The van der Waals surface area contributed by atoms with Gasteiger partial charge in [0.05, 0.1) is 0 Å². The van der Waals surface area contributed by atoms with Crippen LogP contribution in [0.3, 0.4) is 0 Å². The van der Waals surface area contributed by atoms with Crippen molar-refractivity contribution in [3.05, 3.63) is 59.2 Å². The zero-order valence-electron chi connectivity index (χ0n) is 22.4. The predicted octanol–water partition coefficient (Wildman–Crippen LogP) is 3.91. The van der Waals surface area contributed by atoms with Crippen LogP contribution in [-0.2, 0) is 24.3 Å². The van der Waals surface area contributed by atoms with Crippen LogP contribution in [0.15, 0.2) is 42.5 Å². The van der Waals surface area contributed by atoms with Crippen molar-refractivity contribution in [1.29, 1.82) is 0 Å². The first-order valence-electron chi connectivity index (χ1n) is 13.4. The van der Waals surface area contributed by atoms with Crippen molar-refractivity contribution in [2.24, 2.45) is 5.41 Å². The summed E-state index contributed by atoms with van der Waals surface area (Å²) in [6.07, 6.45) is 1.74. The molecule has 9 heteroatoms. The van der Waals surface area contributed by atoms with Gasteiger partial charge < -0.3 is 30.4 Å². The van der Waals surface area contributed by atoms with Gasteiger partial charge in [0.1, 0.15) is 11.8 Å². The van der Waals surface area contributed by atoms with E-state index in [2.05, 4.69) is 31.4 Å². The number of piperidine rings is 1. The number of hydrogen-bond donors (Lipinski definition) is 3. The smallest absolute Gasteiger partial charge is 0.322 e. The number of rotatable bonds is 3. The van der Waals surface area contributed by atoms with E-state index in [1.54, 1.807) is 21.9 Å². The Labute approximate surface area is 223 Å². The van der Waals surface area contributed by atoms with Gasteiger partial charge in [0.2, 0.25) is 5.91 Å². The quantitative estimate of drug-likeness (QED) is 0.572. The lowest BCUT2D eigenvalue weighted by Gasteiger charge is -2.40. The predicted molar refractivity (Wildman–Crippen MR) is 145 cm³/mol. The summed E-state index contributed by atoms with van der Waals surface area (Å²) in [6.45, 7) is 8.76. The highest BCUT2D eigenvalue weighted by atomic mass is 16.3. The topological polar surface area (TPSA) is 105 Å². The number of carbonyl (C=O) groups excluding carboxylic acids is 3. The third-order valence-corrected chi connectivity index (χ3v) is 7.60. The van der Waals surface area contributed by atoms with Crippen LogP contribution in [0.5, 0.6) is 5.75 Å². The minimum Gasteiger partial charge on any atom is -0.508 e. The highest BCUT2D eigenvalue weighted by Gasteiger charge is 2.36. The third-order valence-electron chi connectivity index (χ3n) is 7.60. The molecule has 5 amide bonds. The summed E-state index contributed by atoms with van der Waals surface area (Å²) in [5, 5.41) is 16.0. The van der Waals surface area contributed by atoms with E-state index in [0.717, 1.165) is 22.4 Å². The van der Waals surface area contributed by atoms with Gasteiger partial charge in [-0.2, -0.15) is 0 Å². The summed E-state index contributed by atoms with van der Waals surface area (Å²) in [6, 6.07) is 12.0. The summed E-state index contributed by atoms with van der Waals surface area (Å²) in [5.41, 5.74) is 3.69. The number of benzene rings is 2. The lowest BCUT2D eigenvalue weighted by atomic mass is 9.95. The van der Waals surface area contributed by atoms with Crippen molar-refractivity contribution in [2.75, 3.05) is 25.0 Å². The Morgan fingerprint density at radius 2 is 1.76 bits per heavy atom. The molecule has 1 atom stereocenters.